The van der Waals surface area contributed by atoms with Crippen LogP contribution in [-0.2, 0) is 11.4 Å². The monoisotopic (exact) mass is 319 g/mol. The molecular weight excluding hydrogens is 303 g/mol. The normalized spacial score (nSPS) is 17.2. The van der Waals surface area contributed by atoms with E-state index in [-0.39, 0.29) is 11.9 Å². The van der Waals surface area contributed by atoms with Gasteiger partial charge in [0.1, 0.15) is 18.9 Å². The van der Waals surface area contributed by atoms with E-state index in [0.29, 0.717) is 17.1 Å². The molecular formula is C17H17ClFN2O+. The molecule has 2 aromatic rings. The van der Waals surface area contributed by atoms with E-state index in [4.69, 9.17) is 16.4 Å². The van der Waals surface area contributed by atoms with Gasteiger partial charge in [0, 0.05) is 22.6 Å². The van der Waals surface area contributed by atoms with Crippen LogP contribution in [0.25, 0.3) is 0 Å². The first-order valence-corrected chi connectivity index (χ1v) is 7.64. The fourth-order valence-electron chi connectivity index (χ4n) is 2.50. The minimum absolute atomic E-state index is 0.00181. The summed E-state index contributed by atoms with van der Waals surface area (Å²) in [5.41, 5.74) is 2.49. The van der Waals surface area contributed by atoms with E-state index in [9.17, 15) is 4.39 Å². The lowest BCUT2D eigenvalue weighted by molar-refractivity contribution is -0.676. The maximum Gasteiger partial charge on any atom is 0.181 e. The summed E-state index contributed by atoms with van der Waals surface area (Å²) in [6.07, 6.45) is 0.718. The van der Waals surface area contributed by atoms with Gasteiger partial charge >= 0.3 is 0 Å². The molecule has 5 heteroatoms. The van der Waals surface area contributed by atoms with Crippen LogP contribution >= 0.6 is 11.6 Å². The lowest BCUT2D eigenvalue weighted by atomic mass is 10.0. The van der Waals surface area contributed by atoms with Crippen molar-refractivity contribution < 1.29 is 14.5 Å². The summed E-state index contributed by atoms with van der Waals surface area (Å²) in [5.74, 6) is -0.168. The van der Waals surface area contributed by atoms with Gasteiger partial charge in [-0.25, -0.2) is 4.39 Å². The van der Waals surface area contributed by atoms with Crippen LogP contribution in [0, 0.1) is 5.82 Å². The van der Waals surface area contributed by atoms with Crippen molar-refractivity contribution in [1.82, 2.24) is 0 Å². The molecule has 0 fully saturated rings. The molecule has 0 aromatic heterocycles. The molecule has 3 rings (SSSR count). The number of nitrogens with zero attached hydrogens (tertiary/aromatic N) is 1. The van der Waals surface area contributed by atoms with Crippen LogP contribution in [0.1, 0.15) is 17.5 Å². The molecule has 22 heavy (non-hydrogen) atoms. The van der Waals surface area contributed by atoms with Gasteiger partial charge in [-0.05, 0) is 12.1 Å². The number of oxime groups is 1. The van der Waals surface area contributed by atoms with Gasteiger partial charge in [-0.2, -0.15) is 0 Å². The van der Waals surface area contributed by atoms with Gasteiger partial charge in [-0.3, -0.25) is 0 Å². The smallest absolute Gasteiger partial charge is 0.181 e. The molecule has 0 amide bonds. The molecule has 1 heterocycles. The molecule has 0 bridgehead atoms. The number of hydrogen-bond donors (Lipinski definition) is 1. The first-order chi connectivity index (χ1) is 10.7. The molecule has 0 saturated heterocycles. The molecule has 0 radical (unpaired) electrons. The molecule has 0 spiro atoms. The number of quaternary nitrogens is 1. The van der Waals surface area contributed by atoms with Gasteiger partial charge in [0.05, 0.1) is 5.71 Å². The summed E-state index contributed by atoms with van der Waals surface area (Å²) >= 11 is 6.17. The number of rotatable bonds is 5. The molecule has 0 unspecified atom stereocenters. The standard InChI is InChI=1S/C17H16ClFN2O/c18-15-7-3-2-6-14(15)17-9-13(22-21-17)11-20-10-12-5-1-4-8-16(12)19/h1-8,13,20H,9-11H2/p+1/t13-/m0/s1. The van der Waals surface area contributed by atoms with E-state index in [0.717, 1.165) is 24.2 Å². The minimum Gasteiger partial charge on any atom is -0.386 e. The third-order valence-corrected chi connectivity index (χ3v) is 4.00. The van der Waals surface area contributed by atoms with E-state index in [2.05, 4.69) is 5.16 Å². The Kier molecular flexibility index (Phi) is 4.71. The van der Waals surface area contributed by atoms with Crippen molar-refractivity contribution in [2.75, 3.05) is 6.54 Å². The summed E-state index contributed by atoms with van der Waals surface area (Å²) in [7, 11) is 0. The average molecular weight is 320 g/mol. The Hall–Kier alpha value is -1.91. The number of hydrogen-bond acceptors (Lipinski definition) is 2. The van der Waals surface area contributed by atoms with E-state index in [1.165, 1.54) is 6.07 Å². The van der Waals surface area contributed by atoms with E-state index < -0.39 is 0 Å². The van der Waals surface area contributed by atoms with Crippen molar-refractivity contribution >= 4 is 17.3 Å². The Labute approximate surface area is 133 Å². The van der Waals surface area contributed by atoms with Crippen LogP contribution in [0.5, 0.6) is 0 Å². The van der Waals surface area contributed by atoms with E-state index >= 15 is 0 Å². The zero-order valence-electron chi connectivity index (χ0n) is 12.0. The third kappa shape index (κ3) is 3.46. The van der Waals surface area contributed by atoms with E-state index in [1.54, 1.807) is 12.1 Å². The highest BCUT2D eigenvalue weighted by Crippen LogP contribution is 2.22. The van der Waals surface area contributed by atoms with Gasteiger partial charge in [0.25, 0.3) is 0 Å². The average Bonchev–Trinajstić information content (AvgIpc) is 2.98. The zero-order chi connectivity index (χ0) is 15.4. The Balaban J connectivity index is 1.51. The van der Waals surface area contributed by atoms with Crippen LogP contribution < -0.4 is 5.32 Å². The second kappa shape index (κ2) is 6.90. The molecule has 0 saturated carbocycles. The van der Waals surface area contributed by atoms with Gasteiger partial charge in [-0.15, -0.1) is 0 Å². The second-order valence-corrected chi connectivity index (χ2v) is 5.68. The molecule has 0 aliphatic carbocycles. The second-order valence-electron chi connectivity index (χ2n) is 5.27. The van der Waals surface area contributed by atoms with Crippen molar-refractivity contribution in [2.24, 2.45) is 5.16 Å². The highest BCUT2D eigenvalue weighted by Gasteiger charge is 2.24. The lowest BCUT2D eigenvalue weighted by Gasteiger charge is -2.07. The quantitative estimate of drug-likeness (QED) is 0.904. The Morgan fingerprint density at radius 1 is 1.18 bits per heavy atom. The largest absolute Gasteiger partial charge is 0.386 e. The molecule has 3 nitrogen and oxygen atoms in total. The van der Waals surface area contributed by atoms with Crippen LogP contribution in [-0.4, -0.2) is 18.4 Å². The molecule has 1 atom stereocenters. The van der Waals surface area contributed by atoms with Crippen LogP contribution in [0.3, 0.4) is 0 Å². The fourth-order valence-corrected chi connectivity index (χ4v) is 2.74. The summed E-state index contributed by atoms with van der Waals surface area (Å²) in [6.45, 7) is 1.32. The van der Waals surface area contributed by atoms with Gasteiger partial charge in [0.2, 0.25) is 0 Å². The molecule has 2 N–H and O–H groups in total. The molecule has 1 aliphatic heterocycles. The Morgan fingerprint density at radius 3 is 2.77 bits per heavy atom. The van der Waals surface area contributed by atoms with Crippen molar-refractivity contribution in [1.29, 1.82) is 0 Å². The van der Waals surface area contributed by atoms with E-state index in [1.807, 2.05) is 35.6 Å². The predicted octanol–water partition coefficient (Wildman–Crippen LogP) is 2.74. The van der Waals surface area contributed by atoms with Gasteiger partial charge in [0.15, 0.2) is 6.10 Å². The van der Waals surface area contributed by atoms with Gasteiger partial charge in [-0.1, -0.05) is 53.2 Å². The van der Waals surface area contributed by atoms with Crippen LogP contribution in [0.4, 0.5) is 4.39 Å². The van der Waals surface area contributed by atoms with Crippen molar-refractivity contribution in [2.45, 2.75) is 19.1 Å². The van der Waals surface area contributed by atoms with Crippen molar-refractivity contribution in [3.8, 4) is 0 Å². The summed E-state index contributed by atoms with van der Waals surface area (Å²) in [6, 6.07) is 14.4. The number of halogens is 2. The number of benzene rings is 2. The summed E-state index contributed by atoms with van der Waals surface area (Å²) < 4.78 is 13.5. The van der Waals surface area contributed by atoms with Crippen LogP contribution in [0.15, 0.2) is 53.7 Å². The molecule has 114 valence electrons. The predicted molar refractivity (Wildman–Crippen MR) is 84.4 cm³/mol. The molecule has 2 aromatic carbocycles. The first kappa shape index (κ1) is 15.0. The van der Waals surface area contributed by atoms with Crippen molar-refractivity contribution in [3.05, 3.63) is 70.5 Å². The minimum atomic E-state index is -0.168. The van der Waals surface area contributed by atoms with Crippen LogP contribution in [0.2, 0.25) is 5.02 Å². The third-order valence-electron chi connectivity index (χ3n) is 3.67. The summed E-state index contributed by atoms with van der Waals surface area (Å²) in [4.78, 5) is 5.45. The van der Waals surface area contributed by atoms with Crippen molar-refractivity contribution in [3.63, 3.8) is 0 Å². The SMILES string of the molecule is Fc1ccccc1C[NH2+]C[C@@H]1CC(c2ccccc2Cl)=NO1. The fraction of sp³-hybridized carbons (Fsp3) is 0.235. The highest BCUT2D eigenvalue weighted by molar-refractivity contribution is 6.34. The maximum absolute atomic E-state index is 13.5. The zero-order valence-corrected chi connectivity index (χ0v) is 12.8. The molecule has 1 aliphatic rings. The first-order valence-electron chi connectivity index (χ1n) is 7.26. The topological polar surface area (TPSA) is 38.2 Å². The lowest BCUT2D eigenvalue weighted by Crippen LogP contribution is -2.84. The Bertz CT molecular complexity index is 690. The number of nitrogens with two attached hydrogens (primary N) is 1. The summed E-state index contributed by atoms with van der Waals surface area (Å²) in [5, 5.41) is 6.85. The van der Waals surface area contributed by atoms with Gasteiger partial charge < -0.3 is 10.2 Å². The Morgan fingerprint density at radius 2 is 1.95 bits per heavy atom. The maximum atomic E-state index is 13.5. The highest BCUT2D eigenvalue weighted by atomic mass is 35.5.